The van der Waals surface area contributed by atoms with Crippen LogP contribution in [-0.2, 0) is 6.54 Å². The van der Waals surface area contributed by atoms with Gasteiger partial charge in [-0.15, -0.1) is 0 Å². The van der Waals surface area contributed by atoms with Gasteiger partial charge in [-0.2, -0.15) is 0 Å². The number of nitrogens with zero attached hydrogens (tertiary/aromatic N) is 3. The molecule has 1 N–H and O–H groups in total. The van der Waals surface area contributed by atoms with Crippen LogP contribution < -0.4 is 10.9 Å². The minimum absolute atomic E-state index is 0.0255. The van der Waals surface area contributed by atoms with E-state index in [4.69, 9.17) is 0 Å². The van der Waals surface area contributed by atoms with E-state index in [1.165, 1.54) is 12.8 Å². The molecule has 5 heteroatoms. The molecule has 1 aliphatic rings. The summed E-state index contributed by atoms with van der Waals surface area (Å²) < 4.78 is 1.73. The minimum Gasteiger partial charge on any atom is -0.364 e. The smallest absolute Gasteiger partial charge is 0.293 e. The third-order valence-corrected chi connectivity index (χ3v) is 3.86. The van der Waals surface area contributed by atoms with Gasteiger partial charge >= 0.3 is 0 Å². The number of hydrogen-bond acceptors (Lipinski definition) is 4. The Morgan fingerprint density at radius 3 is 2.75 bits per heavy atom. The van der Waals surface area contributed by atoms with Crippen LogP contribution in [0.25, 0.3) is 0 Å². The summed E-state index contributed by atoms with van der Waals surface area (Å²) in [5.41, 5.74) is -0.0255. The van der Waals surface area contributed by atoms with Crippen molar-refractivity contribution in [1.29, 1.82) is 0 Å². The first-order valence-electron chi connectivity index (χ1n) is 7.50. The van der Waals surface area contributed by atoms with Crippen molar-refractivity contribution >= 4 is 5.82 Å². The Kier molecular flexibility index (Phi) is 4.81. The van der Waals surface area contributed by atoms with E-state index < -0.39 is 0 Å². The highest BCUT2D eigenvalue weighted by Gasteiger charge is 2.29. The molecule has 1 aliphatic carbocycles. The van der Waals surface area contributed by atoms with E-state index in [0.717, 1.165) is 19.1 Å². The van der Waals surface area contributed by atoms with Crippen LogP contribution in [0, 0.1) is 5.92 Å². The highest BCUT2D eigenvalue weighted by Crippen LogP contribution is 2.26. The SMILES string of the molecule is CC(C)Cn1ccnc(NCC(C)N(C)C2CC2)c1=O. The van der Waals surface area contributed by atoms with E-state index in [1.54, 1.807) is 17.0 Å². The quantitative estimate of drug-likeness (QED) is 0.826. The lowest BCUT2D eigenvalue weighted by Gasteiger charge is -2.24. The van der Waals surface area contributed by atoms with E-state index in [2.05, 4.69) is 43.0 Å². The Labute approximate surface area is 121 Å². The lowest BCUT2D eigenvalue weighted by Crippen LogP contribution is -2.37. The molecule has 112 valence electrons. The van der Waals surface area contributed by atoms with E-state index in [1.807, 2.05) is 0 Å². The second-order valence-electron chi connectivity index (χ2n) is 6.25. The number of anilines is 1. The van der Waals surface area contributed by atoms with Crippen molar-refractivity contribution in [2.45, 2.75) is 52.2 Å². The van der Waals surface area contributed by atoms with Gasteiger partial charge in [0.25, 0.3) is 5.56 Å². The predicted octanol–water partition coefficient (Wildman–Crippen LogP) is 1.79. The van der Waals surface area contributed by atoms with Crippen molar-refractivity contribution in [2.75, 3.05) is 18.9 Å². The maximum absolute atomic E-state index is 12.3. The van der Waals surface area contributed by atoms with Gasteiger partial charge in [0.2, 0.25) is 0 Å². The number of nitrogens with one attached hydrogen (secondary N) is 1. The van der Waals surface area contributed by atoms with Crippen LogP contribution in [0.2, 0.25) is 0 Å². The molecule has 2 rings (SSSR count). The first kappa shape index (κ1) is 15.0. The lowest BCUT2D eigenvalue weighted by atomic mass is 10.2. The molecule has 0 bridgehead atoms. The molecule has 1 heterocycles. The number of aromatic nitrogens is 2. The van der Waals surface area contributed by atoms with Crippen LogP contribution in [0.1, 0.15) is 33.6 Å². The highest BCUT2D eigenvalue weighted by molar-refractivity contribution is 5.31. The van der Waals surface area contributed by atoms with Crippen LogP contribution in [0.3, 0.4) is 0 Å². The Morgan fingerprint density at radius 1 is 1.45 bits per heavy atom. The van der Waals surface area contributed by atoms with Gasteiger partial charge in [-0.1, -0.05) is 13.8 Å². The van der Waals surface area contributed by atoms with Gasteiger partial charge in [0.15, 0.2) is 5.82 Å². The van der Waals surface area contributed by atoms with Crippen LogP contribution in [0.15, 0.2) is 17.2 Å². The van der Waals surface area contributed by atoms with Gasteiger partial charge in [0.05, 0.1) is 0 Å². The zero-order chi connectivity index (χ0) is 14.7. The normalized spacial score (nSPS) is 16.7. The molecule has 1 fully saturated rings. The number of likely N-dealkylation sites (N-methyl/N-ethyl adjacent to an activating group) is 1. The second kappa shape index (κ2) is 6.39. The topological polar surface area (TPSA) is 50.2 Å². The molecular formula is C15H26N4O. The van der Waals surface area contributed by atoms with E-state index in [0.29, 0.717) is 17.8 Å². The Morgan fingerprint density at radius 2 is 2.15 bits per heavy atom. The highest BCUT2D eigenvalue weighted by atomic mass is 16.1. The summed E-state index contributed by atoms with van der Waals surface area (Å²) in [7, 11) is 2.15. The lowest BCUT2D eigenvalue weighted by molar-refractivity contribution is 0.257. The molecule has 1 aromatic rings. The van der Waals surface area contributed by atoms with E-state index in [-0.39, 0.29) is 5.56 Å². The summed E-state index contributed by atoms with van der Waals surface area (Å²) in [6, 6.07) is 1.13. The Bertz CT molecular complexity index is 493. The van der Waals surface area contributed by atoms with Gasteiger partial charge in [-0.25, -0.2) is 4.98 Å². The maximum Gasteiger partial charge on any atom is 0.293 e. The molecule has 0 spiro atoms. The third kappa shape index (κ3) is 3.82. The summed E-state index contributed by atoms with van der Waals surface area (Å²) in [4.78, 5) is 18.8. The standard InChI is InChI=1S/C15H26N4O/c1-11(2)10-19-8-7-16-14(15(19)20)17-9-12(3)18(4)13-5-6-13/h7-8,11-13H,5-6,9-10H2,1-4H3,(H,16,17). The fourth-order valence-corrected chi connectivity index (χ4v) is 2.34. The van der Waals surface area contributed by atoms with Crippen molar-refractivity contribution in [3.05, 3.63) is 22.7 Å². The van der Waals surface area contributed by atoms with Crippen molar-refractivity contribution in [2.24, 2.45) is 5.92 Å². The third-order valence-electron chi connectivity index (χ3n) is 3.86. The van der Waals surface area contributed by atoms with Gasteiger partial charge in [-0.05, 0) is 32.7 Å². The Balaban J connectivity index is 1.96. The zero-order valence-electron chi connectivity index (χ0n) is 13.0. The summed E-state index contributed by atoms with van der Waals surface area (Å²) >= 11 is 0. The fraction of sp³-hybridized carbons (Fsp3) is 0.733. The van der Waals surface area contributed by atoms with Crippen molar-refractivity contribution in [3.63, 3.8) is 0 Å². The van der Waals surface area contributed by atoms with Crippen molar-refractivity contribution < 1.29 is 0 Å². The molecule has 1 unspecified atom stereocenters. The maximum atomic E-state index is 12.3. The van der Waals surface area contributed by atoms with Gasteiger partial charge < -0.3 is 9.88 Å². The first-order chi connectivity index (χ1) is 9.49. The fourth-order valence-electron chi connectivity index (χ4n) is 2.34. The van der Waals surface area contributed by atoms with E-state index in [9.17, 15) is 4.79 Å². The molecular weight excluding hydrogens is 252 g/mol. The monoisotopic (exact) mass is 278 g/mol. The number of hydrogen-bond donors (Lipinski definition) is 1. The minimum atomic E-state index is -0.0255. The first-order valence-corrected chi connectivity index (χ1v) is 7.50. The van der Waals surface area contributed by atoms with Crippen LogP contribution in [0.4, 0.5) is 5.82 Å². The average Bonchev–Trinajstić information content (AvgIpc) is 3.22. The predicted molar refractivity (Wildman–Crippen MR) is 82.1 cm³/mol. The van der Waals surface area contributed by atoms with Crippen LogP contribution >= 0.6 is 0 Å². The summed E-state index contributed by atoms with van der Waals surface area (Å²) in [6.45, 7) is 7.87. The average molecular weight is 278 g/mol. The molecule has 5 nitrogen and oxygen atoms in total. The molecule has 0 radical (unpaired) electrons. The van der Waals surface area contributed by atoms with Crippen LogP contribution in [0.5, 0.6) is 0 Å². The molecule has 0 saturated heterocycles. The molecule has 20 heavy (non-hydrogen) atoms. The summed E-state index contributed by atoms with van der Waals surface area (Å²) in [5.74, 6) is 0.909. The largest absolute Gasteiger partial charge is 0.364 e. The molecule has 0 aliphatic heterocycles. The molecule has 1 saturated carbocycles. The molecule has 0 aromatic carbocycles. The molecule has 1 atom stereocenters. The van der Waals surface area contributed by atoms with Crippen molar-refractivity contribution in [1.82, 2.24) is 14.5 Å². The van der Waals surface area contributed by atoms with Crippen molar-refractivity contribution in [3.8, 4) is 0 Å². The Hall–Kier alpha value is -1.36. The van der Waals surface area contributed by atoms with Gasteiger partial charge in [-0.3, -0.25) is 9.69 Å². The molecule has 1 aromatic heterocycles. The summed E-state index contributed by atoms with van der Waals surface area (Å²) in [5, 5.41) is 3.20. The van der Waals surface area contributed by atoms with Gasteiger partial charge in [0.1, 0.15) is 0 Å². The zero-order valence-corrected chi connectivity index (χ0v) is 13.0. The number of rotatable bonds is 7. The van der Waals surface area contributed by atoms with Gasteiger partial charge in [0, 0.05) is 37.6 Å². The van der Waals surface area contributed by atoms with E-state index >= 15 is 0 Å². The molecule has 0 amide bonds. The van der Waals surface area contributed by atoms with Crippen LogP contribution in [-0.4, -0.2) is 40.1 Å². The summed E-state index contributed by atoms with van der Waals surface area (Å²) in [6.07, 6.45) is 6.05. The second-order valence-corrected chi connectivity index (χ2v) is 6.25.